The largest absolute Gasteiger partial charge is 0.497 e. The lowest BCUT2D eigenvalue weighted by Crippen LogP contribution is -2.08. The molecule has 0 saturated carbocycles. The molecule has 0 aliphatic carbocycles. The predicted octanol–water partition coefficient (Wildman–Crippen LogP) is 7.16. The first-order valence-corrected chi connectivity index (χ1v) is 12.6. The number of carbonyl (C=O) groups is 3. The van der Waals surface area contributed by atoms with Crippen LogP contribution in [0.3, 0.4) is 0 Å². The summed E-state index contributed by atoms with van der Waals surface area (Å²) in [5, 5.41) is 1.96. The Morgan fingerprint density at radius 2 is 1.35 bits per heavy atom. The summed E-state index contributed by atoms with van der Waals surface area (Å²) in [6.45, 7) is 10.5. The average molecular weight is 537 g/mol. The number of rotatable bonds is 9. The number of hydrogen-bond donors (Lipinski definition) is 0. The van der Waals surface area contributed by atoms with Gasteiger partial charge in [-0.05, 0) is 89.3 Å². The fraction of sp³-hybridized carbons (Fsp3) is 0.147. The summed E-state index contributed by atoms with van der Waals surface area (Å²) >= 11 is 0. The number of hydrogen-bond acceptors (Lipinski definition) is 6. The molecule has 0 aromatic heterocycles. The molecule has 40 heavy (non-hydrogen) atoms. The summed E-state index contributed by atoms with van der Waals surface area (Å²) < 4.78 is 15.9. The maximum Gasteiger partial charge on any atom is 0.338 e. The van der Waals surface area contributed by atoms with Gasteiger partial charge >= 0.3 is 11.9 Å². The van der Waals surface area contributed by atoms with Crippen molar-refractivity contribution in [2.45, 2.75) is 20.3 Å². The van der Waals surface area contributed by atoms with Gasteiger partial charge in [-0.25, -0.2) is 9.59 Å². The predicted molar refractivity (Wildman–Crippen MR) is 158 cm³/mol. The smallest absolute Gasteiger partial charge is 0.338 e. The van der Waals surface area contributed by atoms with E-state index >= 15 is 0 Å². The van der Waals surface area contributed by atoms with E-state index in [2.05, 4.69) is 19.2 Å². The molecule has 0 fully saturated rings. The summed E-state index contributed by atoms with van der Waals surface area (Å²) in [5.41, 5.74) is 4.53. The highest BCUT2D eigenvalue weighted by molar-refractivity contribution is 5.96. The van der Waals surface area contributed by atoms with E-state index < -0.39 is 5.97 Å². The van der Waals surface area contributed by atoms with Crippen molar-refractivity contribution in [2.24, 2.45) is 0 Å². The molecule has 0 radical (unpaired) electrons. The van der Waals surface area contributed by atoms with Gasteiger partial charge in [-0.1, -0.05) is 55.6 Å². The topological polar surface area (TPSA) is 78.9 Å². The molecule has 6 heteroatoms. The van der Waals surface area contributed by atoms with Crippen molar-refractivity contribution in [1.29, 1.82) is 0 Å². The van der Waals surface area contributed by atoms with Crippen LogP contribution in [0.5, 0.6) is 11.5 Å². The normalized spacial score (nSPS) is 10.1. The highest BCUT2D eigenvalue weighted by atomic mass is 16.5. The third-order valence-electron chi connectivity index (χ3n) is 5.81. The molecule has 0 aliphatic heterocycles. The van der Waals surface area contributed by atoms with E-state index in [0.717, 1.165) is 39.5 Å². The van der Waals surface area contributed by atoms with Crippen LogP contribution in [0.25, 0.3) is 21.9 Å². The van der Waals surface area contributed by atoms with Crippen LogP contribution in [0.15, 0.2) is 109 Å². The first kappa shape index (κ1) is 29.6. The lowest BCUT2D eigenvalue weighted by atomic mass is 10.00. The molecule has 0 saturated heterocycles. The molecular weight excluding hydrogens is 504 g/mol. The Morgan fingerprint density at radius 3 is 1.95 bits per heavy atom. The fourth-order valence-electron chi connectivity index (χ4n) is 3.60. The first-order valence-electron chi connectivity index (χ1n) is 12.6. The van der Waals surface area contributed by atoms with Crippen molar-refractivity contribution >= 4 is 29.0 Å². The Labute approximate surface area is 234 Å². The second kappa shape index (κ2) is 14.3. The summed E-state index contributed by atoms with van der Waals surface area (Å²) in [6, 6.07) is 26.6. The molecule has 6 nitrogen and oxygen atoms in total. The summed E-state index contributed by atoms with van der Waals surface area (Å²) in [7, 11) is 1.63. The van der Waals surface area contributed by atoms with Gasteiger partial charge in [0.1, 0.15) is 17.8 Å². The van der Waals surface area contributed by atoms with Crippen LogP contribution in [-0.2, 0) is 20.7 Å². The molecule has 0 amide bonds. The quantitative estimate of drug-likeness (QED) is 0.0978. The zero-order valence-corrected chi connectivity index (χ0v) is 22.9. The number of fused-ring (bicyclic) bond motifs is 1. The van der Waals surface area contributed by atoms with E-state index in [1.54, 1.807) is 39.2 Å². The van der Waals surface area contributed by atoms with E-state index in [4.69, 9.17) is 14.2 Å². The highest BCUT2D eigenvalue weighted by Crippen LogP contribution is 2.27. The molecular formula is C34H32O6. The molecule has 204 valence electrons. The van der Waals surface area contributed by atoms with Gasteiger partial charge < -0.3 is 14.2 Å². The zero-order chi connectivity index (χ0) is 29.1. The van der Waals surface area contributed by atoms with Gasteiger partial charge in [0.05, 0.1) is 19.3 Å². The van der Waals surface area contributed by atoms with Crippen LogP contribution in [0.2, 0.25) is 0 Å². The van der Waals surface area contributed by atoms with Crippen molar-refractivity contribution in [2.75, 3.05) is 13.7 Å². The standard InChI is InChI=1S/C30H26O5.C4H6O/c1-20(2)29(31)35-28-14-10-22(11-15-28)23-6-7-25-19-26(9-8-24(25)18-23)30(32)34-17-16-21-4-12-27(33-3)13-5-21;1-4(2)3-5/h4-15,18-19H,1,16-17H2,2-3H3;3H,1H2,2H3. The molecule has 4 aromatic carbocycles. The Bertz CT molecular complexity index is 1510. The molecule has 0 bridgehead atoms. The minimum absolute atomic E-state index is 0.305. The molecule has 0 N–H and O–H groups in total. The summed E-state index contributed by atoms with van der Waals surface area (Å²) in [5.74, 6) is 0.478. The minimum Gasteiger partial charge on any atom is -0.497 e. The van der Waals surface area contributed by atoms with Crippen LogP contribution < -0.4 is 9.47 Å². The second-order valence-electron chi connectivity index (χ2n) is 9.17. The zero-order valence-electron chi connectivity index (χ0n) is 22.9. The number of aldehydes is 1. The van der Waals surface area contributed by atoms with E-state index in [1.807, 2.05) is 60.7 Å². The van der Waals surface area contributed by atoms with Crippen LogP contribution >= 0.6 is 0 Å². The molecule has 0 unspecified atom stereocenters. The maximum absolute atomic E-state index is 12.5. The van der Waals surface area contributed by atoms with Crippen molar-refractivity contribution in [3.05, 3.63) is 120 Å². The third-order valence-corrected chi connectivity index (χ3v) is 5.81. The molecule has 0 aliphatic rings. The lowest BCUT2D eigenvalue weighted by molar-refractivity contribution is -0.130. The van der Waals surface area contributed by atoms with Gasteiger partial charge in [0.15, 0.2) is 0 Å². The second-order valence-corrected chi connectivity index (χ2v) is 9.17. The van der Waals surface area contributed by atoms with Gasteiger partial charge in [0.2, 0.25) is 0 Å². The van der Waals surface area contributed by atoms with Gasteiger partial charge in [-0.15, -0.1) is 0 Å². The number of allylic oxidation sites excluding steroid dienone is 1. The van der Waals surface area contributed by atoms with Crippen molar-refractivity contribution < 1.29 is 28.6 Å². The van der Waals surface area contributed by atoms with Crippen LogP contribution in [-0.4, -0.2) is 31.9 Å². The van der Waals surface area contributed by atoms with Crippen molar-refractivity contribution in [3.63, 3.8) is 0 Å². The van der Waals surface area contributed by atoms with E-state index in [9.17, 15) is 14.4 Å². The molecule has 4 aromatic rings. The molecule has 4 rings (SSSR count). The molecule has 0 heterocycles. The van der Waals surface area contributed by atoms with Gasteiger partial charge in [-0.3, -0.25) is 4.79 Å². The lowest BCUT2D eigenvalue weighted by Gasteiger charge is -2.09. The summed E-state index contributed by atoms with van der Waals surface area (Å²) in [6.07, 6.45) is 1.36. The number of methoxy groups -OCH3 is 1. The van der Waals surface area contributed by atoms with Gasteiger partial charge in [0, 0.05) is 12.0 Å². The summed E-state index contributed by atoms with van der Waals surface area (Å²) in [4.78, 5) is 33.6. The van der Waals surface area contributed by atoms with E-state index in [1.165, 1.54) is 0 Å². The Kier molecular flexibility index (Phi) is 10.5. The Morgan fingerprint density at radius 1 is 0.775 bits per heavy atom. The van der Waals surface area contributed by atoms with Crippen molar-refractivity contribution in [1.82, 2.24) is 0 Å². The van der Waals surface area contributed by atoms with Crippen LogP contribution in [0, 0.1) is 0 Å². The molecule has 0 spiro atoms. The number of benzene rings is 4. The number of ether oxygens (including phenoxy) is 3. The minimum atomic E-state index is -0.446. The third kappa shape index (κ3) is 8.53. The van der Waals surface area contributed by atoms with E-state index in [-0.39, 0.29) is 5.97 Å². The monoisotopic (exact) mass is 536 g/mol. The number of esters is 2. The Hall–Kier alpha value is -4.97. The fourth-order valence-corrected chi connectivity index (χ4v) is 3.60. The van der Waals surface area contributed by atoms with E-state index in [0.29, 0.717) is 35.5 Å². The van der Waals surface area contributed by atoms with Crippen LogP contribution in [0.1, 0.15) is 29.8 Å². The van der Waals surface area contributed by atoms with Crippen LogP contribution in [0.4, 0.5) is 0 Å². The highest BCUT2D eigenvalue weighted by Gasteiger charge is 2.10. The maximum atomic E-state index is 12.5. The average Bonchev–Trinajstić information content (AvgIpc) is 2.97. The van der Waals surface area contributed by atoms with Crippen molar-refractivity contribution in [3.8, 4) is 22.6 Å². The SMILES string of the molecule is C=C(C)C(=O)Oc1ccc(-c2ccc3cc(C(=O)OCCc4ccc(OC)cc4)ccc3c2)cc1.C=C(C)C=O. The number of carbonyl (C=O) groups excluding carboxylic acids is 3. The van der Waals surface area contributed by atoms with Gasteiger partial charge in [-0.2, -0.15) is 0 Å². The first-order chi connectivity index (χ1) is 19.2. The Balaban J connectivity index is 0.000000810. The van der Waals surface area contributed by atoms with Gasteiger partial charge in [0.25, 0.3) is 0 Å². The molecule has 0 atom stereocenters.